The number of nitrogens with one attached hydrogen (secondary N) is 1. The van der Waals surface area contributed by atoms with Crippen LogP contribution in [0, 0.1) is 11.8 Å². The molecule has 2 atom stereocenters. The highest BCUT2D eigenvalue weighted by molar-refractivity contribution is 5.78. The Hall–Kier alpha value is -0.610. The van der Waals surface area contributed by atoms with Crippen molar-refractivity contribution < 1.29 is 4.79 Å². The normalized spacial score (nSPS) is 23.9. The van der Waals surface area contributed by atoms with Crippen molar-refractivity contribution >= 4 is 5.91 Å². The van der Waals surface area contributed by atoms with Crippen molar-refractivity contribution in [2.24, 2.45) is 17.6 Å². The van der Waals surface area contributed by atoms with Gasteiger partial charge in [0.2, 0.25) is 5.91 Å². The summed E-state index contributed by atoms with van der Waals surface area (Å²) < 4.78 is 0. The Balaban J connectivity index is 2.48. The van der Waals surface area contributed by atoms with Crippen LogP contribution in [0.4, 0.5) is 0 Å². The summed E-state index contributed by atoms with van der Waals surface area (Å²) in [5.74, 6) is 1.22. The second kappa shape index (κ2) is 8.54. The number of hydrogen-bond acceptors (Lipinski definition) is 3. The van der Waals surface area contributed by atoms with Crippen molar-refractivity contribution in [3.8, 4) is 0 Å². The van der Waals surface area contributed by atoms with E-state index >= 15 is 0 Å². The topological polar surface area (TPSA) is 58.4 Å². The first-order valence-corrected chi connectivity index (χ1v) is 7.79. The molecule has 3 N–H and O–H groups in total. The van der Waals surface area contributed by atoms with E-state index in [1.807, 2.05) is 0 Å². The quantitative estimate of drug-likeness (QED) is 0.738. The molecular formula is C15H31N3O. The summed E-state index contributed by atoms with van der Waals surface area (Å²) in [6.45, 7) is 9.32. The lowest BCUT2D eigenvalue weighted by atomic mass is 9.83. The molecule has 1 rings (SSSR count). The minimum absolute atomic E-state index is 0.150. The average Bonchev–Trinajstić information content (AvgIpc) is 2.42. The fourth-order valence-electron chi connectivity index (χ4n) is 2.97. The SMILES string of the molecule is CCN(CC(=O)NCC(C)C)C1CCCCC1CN. The van der Waals surface area contributed by atoms with E-state index in [4.69, 9.17) is 5.73 Å². The smallest absolute Gasteiger partial charge is 0.234 e. The summed E-state index contributed by atoms with van der Waals surface area (Å²) in [7, 11) is 0. The van der Waals surface area contributed by atoms with Gasteiger partial charge in [0.05, 0.1) is 6.54 Å². The summed E-state index contributed by atoms with van der Waals surface area (Å²) in [5.41, 5.74) is 5.89. The first kappa shape index (κ1) is 16.4. The summed E-state index contributed by atoms with van der Waals surface area (Å²) in [5, 5.41) is 3.01. The minimum atomic E-state index is 0.150. The van der Waals surface area contributed by atoms with Crippen LogP contribution in [0.5, 0.6) is 0 Å². The highest BCUT2D eigenvalue weighted by Crippen LogP contribution is 2.27. The van der Waals surface area contributed by atoms with Crippen molar-refractivity contribution in [3.05, 3.63) is 0 Å². The monoisotopic (exact) mass is 269 g/mol. The molecule has 1 saturated carbocycles. The molecule has 0 radical (unpaired) electrons. The largest absolute Gasteiger partial charge is 0.355 e. The van der Waals surface area contributed by atoms with Crippen molar-refractivity contribution in [1.82, 2.24) is 10.2 Å². The summed E-state index contributed by atoms with van der Waals surface area (Å²) in [6.07, 6.45) is 4.96. The van der Waals surface area contributed by atoms with Gasteiger partial charge < -0.3 is 11.1 Å². The molecule has 0 aromatic heterocycles. The number of carbonyl (C=O) groups is 1. The Labute approximate surface area is 118 Å². The van der Waals surface area contributed by atoms with Crippen LogP contribution < -0.4 is 11.1 Å². The predicted molar refractivity (Wildman–Crippen MR) is 79.9 cm³/mol. The van der Waals surface area contributed by atoms with E-state index in [1.165, 1.54) is 25.7 Å². The van der Waals surface area contributed by atoms with Crippen molar-refractivity contribution in [2.75, 3.05) is 26.2 Å². The lowest BCUT2D eigenvalue weighted by molar-refractivity contribution is -0.123. The van der Waals surface area contributed by atoms with Gasteiger partial charge in [-0.2, -0.15) is 0 Å². The molecule has 0 spiro atoms. The fourth-order valence-corrected chi connectivity index (χ4v) is 2.97. The number of nitrogens with zero attached hydrogens (tertiary/aromatic N) is 1. The highest BCUT2D eigenvalue weighted by Gasteiger charge is 2.29. The highest BCUT2D eigenvalue weighted by atomic mass is 16.2. The first-order chi connectivity index (χ1) is 9.08. The number of nitrogens with two attached hydrogens (primary N) is 1. The van der Waals surface area contributed by atoms with E-state index in [2.05, 4.69) is 31.0 Å². The molecule has 0 heterocycles. The molecule has 1 fully saturated rings. The molecule has 2 unspecified atom stereocenters. The van der Waals surface area contributed by atoms with Crippen LogP contribution in [-0.4, -0.2) is 43.0 Å². The van der Waals surface area contributed by atoms with E-state index in [0.717, 1.165) is 19.6 Å². The van der Waals surface area contributed by atoms with Crippen LogP contribution in [0.25, 0.3) is 0 Å². The molecule has 0 aromatic carbocycles. The van der Waals surface area contributed by atoms with E-state index in [0.29, 0.717) is 24.4 Å². The van der Waals surface area contributed by atoms with Crippen LogP contribution in [0.1, 0.15) is 46.5 Å². The third-order valence-electron chi connectivity index (χ3n) is 4.10. The minimum Gasteiger partial charge on any atom is -0.355 e. The first-order valence-electron chi connectivity index (χ1n) is 7.79. The molecule has 0 bridgehead atoms. The molecule has 112 valence electrons. The number of carbonyl (C=O) groups excluding carboxylic acids is 1. The fraction of sp³-hybridized carbons (Fsp3) is 0.933. The summed E-state index contributed by atoms with van der Waals surface area (Å²) >= 11 is 0. The van der Waals surface area contributed by atoms with Gasteiger partial charge in [-0.05, 0) is 37.8 Å². The lowest BCUT2D eigenvalue weighted by Gasteiger charge is -2.38. The van der Waals surface area contributed by atoms with Crippen molar-refractivity contribution in [1.29, 1.82) is 0 Å². The molecule has 0 saturated heterocycles. The van der Waals surface area contributed by atoms with Gasteiger partial charge in [-0.15, -0.1) is 0 Å². The predicted octanol–water partition coefficient (Wildman–Crippen LogP) is 1.60. The second-order valence-corrected chi connectivity index (χ2v) is 6.11. The molecule has 0 aliphatic heterocycles. The zero-order valence-electron chi connectivity index (χ0n) is 12.8. The Morgan fingerprint density at radius 2 is 2.05 bits per heavy atom. The maximum Gasteiger partial charge on any atom is 0.234 e. The van der Waals surface area contributed by atoms with Gasteiger partial charge in [-0.1, -0.05) is 33.6 Å². The van der Waals surface area contributed by atoms with Gasteiger partial charge in [0.1, 0.15) is 0 Å². The third-order valence-corrected chi connectivity index (χ3v) is 4.10. The van der Waals surface area contributed by atoms with Crippen LogP contribution in [-0.2, 0) is 4.79 Å². The molecule has 1 amide bonds. The third kappa shape index (κ3) is 5.49. The standard InChI is InChI=1S/C15H31N3O/c1-4-18(11-15(19)17-10-12(2)3)14-8-6-5-7-13(14)9-16/h12-14H,4-11,16H2,1-3H3,(H,17,19). The van der Waals surface area contributed by atoms with Crippen LogP contribution in [0.15, 0.2) is 0 Å². The Morgan fingerprint density at radius 1 is 1.37 bits per heavy atom. The average molecular weight is 269 g/mol. The lowest BCUT2D eigenvalue weighted by Crippen LogP contribution is -2.49. The number of hydrogen-bond donors (Lipinski definition) is 2. The van der Waals surface area contributed by atoms with Gasteiger partial charge in [0, 0.05) is 12.6 Å². The number of likely N-dealkylation sites (N-methyl/N-ethyl adjacent to an activating group) is 1. The molecule has 1 aliphatic carbocycles. The van der Waals surface area contributed by atoms with Gasteiger partial charge in [0.25, 0.3) is 0 Å². The Morgan fingerprint density at radius 3 is 2.63 bits per heavy atom. The maximum absolute atomic E-state index is 12.0. The van der Waals surface area contributed by atoms with Crippen molar-refractivity contribution in [3.63, 3.8) is 0 Å². The van der Waals surface area contributed by atoms with E-state index in [1.54, 1.807) is 0 Å². The molecular weight excluding hydrogens is 238 g/mol. The van der Waals surface area contributed by atoms with E-state index in [-0.39, 0.29) is 5.91 Å². The van der Waals surface area contributed by atoms with E-state index < -0.39 is 0 Å². The van der Waals surface area contributed by atoms with Gasteiger partial charge in [-0.25, -0.2) is 0 Å². The molecule has 19 heavy (non-hydrogen) atoms. The number of amides is 1. The van der Waals surface area contributed by atoms with Crippen LogP contribution >= 0.6 is 0 Å². The Bertz CT molecular complexity index is 268. The molecule has 1 aliphatic rings. The van der Waals surface area contributed by atoms with Gasteiger partial charge >= 0.3 is 0 Å². The van der Waals surface area contributed by atoms with Gasteiger partial charge in [-0.3, -0.25) is 9.69 Å². The van der Waals surface area contributed by atoms with Crippen molar-refractivity contribution in [2.45, 2.75) is 52.5 Å². The second-order valence-electron chi connectivity index (χ2n) is 6.11. The van der Waals surface area contributed by atoms with Crippen LogP contribution in [0.3, 0.4) is 0 Å². The van der Waals surface area contributed by atoms with Gasteiger partial charge in [0.15, 0.2) is 0 Å². The Kier molecular flexibility index (Phi) is 7.39. The summed E-state index contributed by atoms with van der Waals surface area (Å²) in [6, 6.07) is 0.494. The van der Waals surface area contributed by atoms with Crippen LogP contribution in [0.2, 0.25) is 0 Å². The zero-order valence-corrected chi connectivity index (χ0v) is 12.8. The molecule has 0 aromatic rings. The molecule has 4 nitrogen and oxygen atoms in total. The van der Waals surface area contributed by atoms with E-state index in [9.17, 15) is 4.79 Å². The summed E-state index contributed by atoms with van der Waals surface area (Å²) in [4.78, 5) is 14.3. The number of rotatable bonds is 7. The maximum atomic E-state index is 12.0. The molecule has 4 heteroatoms. The zero-order chi connectivity index (χ0) is 14.3.